The summed E-state index contributed by atoms with van der Waals surface area (Å²) in [6.45, 7) is 6.43. The summed E-state index contributed by atoms with van der Waals surface area (Å²) in [5, 5.41) is 3.30. The predicted octanol–water partition coefficient (Wildman–Crippen LogP) is 3.89. The number of hydrogen-bond donors (Lipinski definition) is 1. The van der Waals surface area contributed by atoms with E-state index in [1.807, 2.05) is 42.0 Å². The number of methoxy groups -OCH3 is 1. The molecule has 0 saturated carbocycles. The van der Waals surface area contributed by atoms with Crippen molar-refractivity contribution in [1.29, 1.82) is 0 Å². The molecule has 0 fully saturated rings. The monoisotopic (exact) mass is 321 g/mol. The van der Waals surface area contributed by atoms with Crippen LogP contribution in [0.5, 0.6) is 5.75 Å². The molecule has 0 aliphatic rings. The Bertz CT molecular complexity index is 592. The SMILES string of the molecule is C=CCn1cc(C)nc1Nc1cc(OC)ccc1Br. The average Bonchev–Trinajstić information content (AvgIpc) is 2.73. The van der Waals surface area contributed by atoms with Crippen LogP contribution in [-0.2, 0) is 6.54 Å². The molecule has 0 bridgehead atoms. The highest BCUT2D eigenvalue weighted by Gasteiger charge is 2.08. The molecule has 100 valence electrons. The normalized spacial score (nSPS) is 10.3. The van der Waals surface area contributed by atoms with Crippen LogP contribution in [0.1, 0.15) is 5.69 Å². The molecular formula is C14H16BrN3O. The first-order valence-corrected chi connectivity index (χ1v) is 6.68. The van der Waals surface area contributed by atoms with Crippen LogP contribution < -0.4 is 10.1 Å². The lowest BCUT2D eigenvalue weighted by Gasteiger charge is -2.11. The van der Waals surface area contributed by atoms with Gasteiger partial charge in [0.1, 0.15) is 5.75 Å². The molecular weight excluding hydrogens is 306 g/mol. The molecule has 1 aromatic carbocycles. The summed E-state index contributed by atoms with van der Waals surface area (Å²) in [6.07, 6.45) is 3.82. The third-order valence-corrected chi connectivity index (χ3v) is 3.33. The van der Waals surface area contributed by atoms with Crippen molar-refractivity contribution >= 4 is 27.6 Å². The number of imidazole rings is 1. The first-order valence-electron chi connectivity index (χ1n) is 5.89. The van der Waals surface area contributed by atoms with Crippen molar-refractivity contribution in [2.75, 3.05) is 12.4 Å². The Morgan fingerprint density at radius 1 is 1.53 bits per heavy atom. The van der Waals surface area contributed by atoms with Gasteiger partial charge in [-0.1, -0.05) is 6.08 Å². The zero-order chi connectivity index (χ0) is 13.8. The minimum atomic E-state index is 0.713. The van der Waals surface area contributed by atoms with E-state index in [4.69, 9.17) is 4.74 Å². The Labute approximate surface area is 121 Å². The minimum absolute atomic E-state index is 0.713. The van der Waals surface area contributed by atoms with Gasteiger partial charge in [0.15, 0.2) is 0 Å². The van der Waals surface area contributed by atoms with Crippen molar-refractivity contribution in [3.8, 4) is 5.75 Å². The molecule has 19 heavy (non-hydrogen) atoms. The molecule has 0 saturated heterocycles. The Morgan fingerprint density at radius 3 is 3.00 bits per heavy atom. The van der Waals surface area contributed by atoms with Gasteiger partial charge in [0.05, 0.1) is 18.5 Å². The smallest absolute Gasteiger partial charge is 0.207 e. The molecule has 5 heteroatoms. The van der Waals surface area contributed by atoms with Crippen LogP contribution in [0.15, 0.2) is 41.5 Å². The molecule has 0 aliphatic heterocycles. The summed E-state index contributed by atoms with van der Waals surface area (Å²) in [5.74, 6) is 1.58. The van der Waals surface area contributed by atoms with E-state index in [2.05, 4.69) is 32.8 Å². The molecule has 0 spiro atoms. The number of rotatable bonds is 5. The Hall–Kier alpha value is -1.75. The number of benzene rings is 1. The summed E-state index contributed by atoms with van der Waals surface area (Å²) in [4.78, 5) is 4.46. The maximum atomic E-state index is 5.23. The zero-order valence-electron chi connectivity index (χ0n) is 11.0. The summed E-state index contributed by atoms with van der Waals surface area (Å²) in [6, 6.07) is 5.76. The number of halogens is 1. The van der Waals surface area contributed by atoms with Gasteiger partial charge in [0.2, 0.25) is 5.95 Å². The first-order chi connectivity index (χ1) is 9.13. The maximum Gasteiger partial charge on any atom is 0.207 e. The molecule has 2 aromatic rings. The summed E-state index contributed by atoms with van der Waals surface area (Å²) >= 11 is 3.51. The molecule has 0 atom stereocenters. The number of ether oxygens (including phenoxy) is 1. The topological polar surface area (TPSA) is 39.1 Å². The molecule has 0 unspecified atom stereocenters. The van der Waals surface area contributed by atoms with Gasteiger partial charge in [-0.25, -0.2) is 4.98 Å². The predicted molar refractivity (Wildman–Crippen MR) is 81.1 cm³/mol. The molecule has 0 radical (unpaired) electrons. The number of anilines is 2. The second-order valence-corrected chi connectivity index (χ2v) is 4.97. The molecule has 1 aromatic heterocycles. The number of allylic oxidation sites excluding steroid dienone is 1. The second-order valence-electron chi connectivity index (χ2n) is 4.12. The van der Waals surface area contributed by atoms with Crippen molar-refractivity contribution in [1.82, 2.24) is 9.55 Å². The summed E-state index contributed by atoms with van der Waals surface area (Å²) < 4.78 is 8.19. The van der Waals surface area contributed by atoms with Crippen LogP contribution in [0.2, 0.25) is 0 Å². The lowest BCUT2D eigenvalue weighted by atomic mass is 10.3. The molecule has 1 N–H and O–H groups in total. The molecule has 0 amide bonds. The van der Waals surface area contributed by atoms with Crippen LogP contribution in [-0.4, -0.2) is 16.7 Å². The third-order valence-electron chi connectivity index (χ3n) is 2.64. The van der Waals surface area contributed by atoms with Gasteiger partial charge in [-0.2, -0.15) is 0 Å². The van der Waals surface area contributed by atoms with Gasteiger partial charge in [0, 0.05) is 23.3 Å². The van der Waals surface area contributed by atoms with E-state index in [1.54, 1.807) is 7.11 Å². The zero-order valence-corrected chi connectivity index (χ0v) is 12.6. The third kappa shape index (κ3) is 3.17. The summed E-state index contributed by atoms with van der Waals surface area (Å²) in [5.41, 5.74) is 1.87. The van der Waals surface area contributed by atoms with E-state index in [9.17, 15) is 0 Å². The second kappa shape index (κ2) is 5.93. The van der Waals surface area contributed by atoms with Gasteiger partial charge in [-0.05, 0) is 35.0 Å². The van der Waals surface area contributed by atoms with Crippen molar-refractivity contribution < 1.29 is 4.74 Å². The Morgan fingerprint density at radius 2 is 2.32 bits per heavy atom. The highest BCUT2D eigenvalue weighted by molar-refractivity contribution is 9.10. The van der Waals surface area contributed by atoms with Crippen LogP contribution in [0.3, 0.4) is 0 Å². The standard InChI is InChI=1S/C14H16BrN3O/c1-4-7-18-9-10(2)16-14(18)17-13-8-11(19-3)5-6-12(13)15/h4-6,8-9H,1,7H2,2-3H3,(H,16,17). The van der Waals surface area contributed by atoms with Gasteiger partial charge < -0.3 is 14.6 Å². The Balaban J connectivity index is 2.32. The molecule has 1 heterocycles. The number of aryl methyl sites for hydroxylation is 1. The van der Waals surface area contributed by atoms with Crippen molar-refractivity contribution in [3.05, 3.63) is 47.2 Å². The quantitative estimate of drug-likeness (QED) is 0.849. The molecule has 4 nitrogen and oxygen atoms in total. The van der Waals surface area contributed by atoms with Gasteiger partial charge in [-0.15, -0.1) is 6.58 Å². The fourth-order valence-corrected chi connectivity index (χ4v) is 2.12. The van der Waals surface area contributed by atoms with Crippen molar-refractivity contribution in [2.24, 2.45) is 0 Å². The number of hydrogen-bond acceptors (Lipinski definition) is 3. The Kier molecular flexibility index (Phi) is 4.27. The van der Waals surface area contributed by atoms with Crippen molar-refractivity contribution in [2.45, 2.75) is 13.5 Å². The average molecular weight is 322 g/mol. The van der Waals surface area contributed by atoms with E-state index < -0.39 is 0 Å². The highest BCUT2D eigenvalue weighted by atomic mass is 79.9. The fraction of sp³-hybridized carbons (Fsp3) is 0.214. The van der Waals surface area contributed by atoms with E-state index in [0.29, 0.717) is 6.54 Å². The van der Waals surface area contributed by atoms with Crippen LogP contribution in [0.25, 0.3) is 0 Å². The fourth-order valence-electron chi connectivity index (χ4n) is 1.77. The van der Waals surface area contributed by atoms with Crippen LogP contribution in [0, 0.1) is 6.92 Å². The number of aromatic nitrogens is 2. The van der Waals surface area contributed by atoms with E-state index in [-0.39, 0.29) is 0 Å². The molecule has 2 rings (SSSR count). The summed E-state index contributed by atoms with van der Waals surface area (Å²) in [7, 11) is 1.65. The largest absolute Gasteiger partial charge is 0.497 e. The van der Waals surface area contributed by atoms with Crippen LogP contribution >= 0.6 is 15.9 Å². The maximum absolute atomic E-state index is 5.23. The highest BCUT2D eigenvalue weighted by Crippen LogP contribution is 2.29. The van der Waals surface area contributed by atoms with Gasteiger partial charge in [0.25, 0.3) is 0 Å². The van der Waals surface area contributed by atoms with E-state index in [1.165, 1.54) is 0 Å². The lowest BCUT2D eigenvalue weighted by molar-refractivity contribution is 0.415. The van der Waals surface area contributed by atoms with Gasteiger partial charge in [-0.3, -0.25) is 0 Å². The first kappa shape index (κ1) is 13.7. The van der Waals surface area contributed by atoms with Crippen molar-refractivity contribution in [3.63, 3.8) is 0 Å². The molecule has 0 aliphatic carbocycles. The minimum Gasteiger partial charge on any atom is -0.497 e. The lowest BCUT2D eigenvalue weighted by Crippen LogP contribution is -2.02. The van der Waals surface area contributed by atoms with Crippen LogP contribution in [0.4, 0.5) is 11.6 Å². The van der Waals surface area contributed by atoms with E-state index in [0.717, 1.165) is 27.6 Å². The number of nitrogens with one attached hydrogen (secondary N) is 1. The number of nitrogens with zero attached hydrogens (tertiary/aromatic N) is 2. The van der Waals surface area contributed by atoms with Gasteiger partial charge >= 0.3 is 0 Å². The van der Waals surface area contributed by atoms with E-state index >= 15 is 0 Å².